The van der Waals surface area contributed by atoms with Crippen molar-refractivity contribution in [2.24, 2.45) is 0 Å². The minimum absolute atomic E-state index is 0.0856. The summed E-state index contributed by atoms with van der Waals surface area (Å²) in [6.07, 6.45) is 0.505. The van der Waals surface area contributed by atoms with Crippen LogP contribution in [0.2, 0.25) is 0 Å². The number of amides is 2. The van der Waals surface area contributed by atoms with Gasteiger partial charge in [-0.2, -0.15) is 0 Å². The number of aromatic nitrogens is 2. The molecule has 30 heavy (non-hydrogen) atoms. The summed E-state index contributed by atoms with van der Waals surface area (Å²) in [7, 11) is 0. The van der Waals surface area contributed by atoms with Crippen molar-refractivity contribution in [3.05, 3.63) is 82.5 Å². The molecule has 1 unspecified atom stereocenters. The highest BCUT2D eigenvalue weighted by Crippen LogP contribution is 2.38. The molecule has 1 N–H and O–H groups in total. The van der Waals surface area contributed by atoms with Crippen molar-refractivity contribution in [3.63, 3.8) is 0 Å². The molecule has 0 saturated carbocycles. The summed E-state index contributed by atoms with van der Waals surface area (Å²) < 4.78 is 5.77. The highest BCUT2D eigenvalue weighted by molar-refractivity contribution is 6.05. The Labute approximate surface area is 170 Å². The maximum absolute atomic E-state index is 13.2. The van der Waals surface area contributed by atoms with Crippen LogP contribution in [0.3, 0.4) is 0 Å². The van der Waals surface area contributed by atoms with Gasteiger partial charge in [0.15, 0.2) is 5.75 Å². The smallest absolute Gasteiger partial charge is 0.366 e. The first kappa shape index (κ1) is 19.0. The lowest BCUT2D eigenvalue weighted by Crippen LogP contribution is -2.45. The Hall–Kier alpha value is -4.34. The van der Waals surface area contributed by atoms with E-state index in [2.05, 4.69) is 15.3 Å². The maximum Gasteiger partial charge on any atom is 0.366 e. The monoisotopic (exact) mass is 405 g/mol. The van der Waals surface area contributed by atoms with Crippen molar-refractivity contribution in [2.45, 2.75) is 6.10 Å². The summed E-state index contributed by atoms with van der Waals surface area (Å²) in [5.41, 5.74) is 0.585. The Kier molecular flexibility index (Phi) is 5.04. The number of fused-ring (bicyclic) bond motifs is 1. The Morgan fingerprint density at radius 3 is 2.60 bits per heavy atom. The fourth-order valence-corrected chi connectivity index (χ4v) is 2.99. The molecule has 3 aromatic rings. The molecule has 0 fully saturated rings. The number of carbonyl (C=O) groups is 2. The third kappa shape index (κ3) is 3.78. The van der Waals surface area contributed by atoms with Crippen LogP contribution in [0.5, 0.6) is 5.75 Å². The van der Waals surface area contributed by atoms with Crippen LogP contribution in [0.25, 0.3) is 0 Å². The predicted molar refractivity (Wildman–Crippen MR) is 106 cm³/mol. The number of rotatable bonds is 5. The van der Waals surface area contributed by atoms with Crippen LogP contribution in [-0.4, -0.2) is 33.3 Å². The normalized spacial score (nSPS) is 15.1. The van der Waals surface area contributed by atoms with E-state index in [4.69, 9.17) is 4.74 Å². The lowest BCUT2D eigenvalue weighted by atomic mass is 10.1. The number of nitrogens with one attached hydrogen (secondary N) is 1. The van der Waals surface area contributed by atoms with Crippen LogP contribution >= 0.6 is 0 Å². The number of nitrogens with zero attached hydrogens (tertiary/aromatic N) is 4. The number of benzene rings is 1. The Balaban J connectivity index is 1.68. The molecule has 1 aliphatic heterocycles. The van der Waals surface area contributed by atoms with Gasteiger partial charge in [0.1, 0.15) is 12.4 Å². The molecule has 0 radical (unpaired) electrons. The lowest BCUT2D eigenvalue weighted by Gasteiger charge is -2.30. The molecule has 10 heteroatoms. The van der Waals surface area contributed by atoms with Gasteiger partial charge in [-0.3, -0.25) is 14.5 Å². The van der Waals surface area contributed by atoms with Gasteiger partial charge in [-0.25, -0.2) is 4.98 Å². The number of pyridine rings is 2. The van der Waals surface area contributed by atoms with Crippen LogP contribution in [0.15, 0.2) is 66.9 Å². The third-order valence-corrected chi connectivity index (χ3v) is 4.34. The quantitative estimate of drug-likeness (QED) is 0.510. The van der Waals surface area contributed by atoms with Gasteiger partial charge < -0.3 is 20.2 Å². The van der Waals surface area contributed by atoms with Crippen molar-refractivity contribution >= 4 is 29.3 Å². The molecule has 0 aliphatic carbocycles. The van der Waals surface area contributed by atoms with Crippen molar-refractivity contribution in [2.75, 3.05) is 16.8 Å². The van der Waals surface area contributed by atoms with Gasteiger partial charge in [0.05, 0.1) is 0 Å². The van der Waals surface area contributed by atoms with Crippen molar-refractivity contribution in [1.29, 1.82) is 0 Å². The molecule has 3 heterocycles. The number of anilines is 2. The van der Waals surface area contributed by atoms with E-state index in [0.717, 1.165) is 4.90 Å². The lowest BCUT2D eigenvalue weighted by molar-refractivity contribution is -0.389. The van der Waals surface area contributed by atoms with E-state index in [1.165, 1.54) is 18.3 Å². The fraction of sp³-hybridized carbons (Fsp3) is 0.100. The molecule has 1 atom stereocenters. The summed E-state index contributed by atoms with van der Waals surface area (Å²) in [6.45, 7) is -0.413. The van der Waals surface area contributed by atoms with E-state index in [1.54, 1.807) is 48.5 Å². The molecular formula is C20H15N5O5. The Morgan fingerprint density at radius 2 is 1.90 bits per heavy atom. The fourth-order valence-electron chi connectivity index (χ4n) is 2.99. The molecule has 0 spiro atoms. The molecule has 150 valence electrons. The largest absolute Gasteiger partial charge is 0.469 e. The van der Waals surface area contributed by atoms with Gasteiger partial charge in [0.2, 0.25) is 12.0 Å². The van der Waals surface area contributed by atoms with Gasteiger partial charge in [0.25, 0.3) is 11.7 Å². The second kappa shape index (κ2) is 7.95. The van der Waals surface area contributed by atoms with Gasteiger partial charge in [-0.1, -0.05) is 36.4 Å². The molecule has 2 aromatic heterocycles. The SMILES string of the molecule is O=C(CN1C(=O)C(c2ccccc2)Oc2ccc([N+](=O)[O-])nc21)Nc1ccccn1. The summed E-state index contributed by atoms with van der Waals surface area (Å²) in [5.74, 6) is -1.15. The number of hydrogen-bond acceptors (Lipinski definition) is 7. The van der Waals surface area contributed by atoms with Gasteiger partial charge in [0, 0.05) is 17.8 Å². The van der Waals surface area contributed by atoms with Crippen molar-refractivity contribution in [1.82, 2.24) is 9.97 Å². The van der Waals surface area contributed by atoms with E-state index in [9.17, 15) is 19.7 Å². The highest BCUT2D eigenvalue weighted by Gasteiger charge is 2.40. The van der Waals surface area contributed by atoms with E-state index in [0.29, 0.717) is 11.4 Å². The van der Waals surface area contributed by atoms with Gasteiger partial charge >= 0.3 is 5.82 Å². The zero-order chi connectivity index (χ0) is 21.1. The highest BCUT2D eigenvalue weighted by atomic mass is 16.6. The maximum atomic E-state index is 13.2. The minimum atomic E-state index is -1.01. The molecule has 4 rings (SSSR count). The molecular weight excluding hydrogens is 390 g/mol. The Bertz CT molecular complexity index is 1110. The Morgan fingerprint density at radius 1 is 1.13 bits per heavy atom. The van der Waals surface area contributed by atoms with Gasteiger partial charge in [-0.05, 0) is 28.1 Å². The van der Waals surface area contributed by atoms with Gasteiger partial charge in [-0.15, -0.1) is 0 Å². The van der Waals surface area contributed by atoms with Crippen LogP contribution in [0, 0.1) is 10.1 Å². The second-order valence-corrected chi connectivity index (χ2v) is 6.34. The molecule has 10 nitrogen and oxygen atoms in total. The first-order valence-corrected chi connectivity index (χ1v) is 8.92. The topological polar surface area (TPSA) is 128 Å². The van der Waals surface area contributed by atoms with Crippen molar-refractivity contribution in [3.8, 4) is 5.75 Å². The van der Waals surface area contributed by atoms with Crippen LogP contribution < -0.4 is 15.0 Å². The minimum Gasteiger partial charge on any atom is -0.469 e. The zero-order valence-electron chi connectivity index (χ0n) is 15.5. The molecule has 1 aromatic carbocycles. The standard InChI is InChI=1S/C20H15N5O5/c26-17(22-15-8-4-5-11-21-15)12-24-19-14(9-10-16(23-19)25(28)29)30-18(20(24)27)13-6-2-1-3-7-13/h1-11,18H,12H2,(H,21,22,26). The molecule has 1 aliphatic rings. The van der Waals surface area contributed by atoms with E-state index in [1.807, 2.05) is 0 Å². The summed E-state index contributed by atoms with van der Waals surface area (Å²) in [4.78, 5) is 45.2. The second-order valence-electron chi connectivity index (χ2n) is 6.34. The average Bonchev–Trinajstić information content (AvgIpc) is 2.76. The number of carbonyl (C=O) groups excluding carboxylic acids is 2. The number of nitro groups is 1. The molecule has 0 bridgehead atoms. The first-order chi connectivity index (χ1) is 14.5. The zero-order valence-corrected chi connectivity index (χ0v) is 15.5. The molecule has 0 saturated heterocycles. The predicted octanol–water partition coefficient (Wildman–Crippen LogP) is 2.49. The average molecular weight is 405 g/mol. The van der Waals surface area contributed by atoms with E-state index >= 15 is 0 Å². The van der Waals surface area contributed by atoms with Crippen LogP contribution in [0.4, 0.5) is 17.5 Å². The van der Waals surface area contributed by atoms with E-state index < -0.39 is 35.2 Å². The van der Waals surface area contributed by atoms with Crippen LogP contribution in [-0.2, 0) is 9.59 Å². The third-order valence-electron chi connectivity index (χ3n) is 4.34. The van der Waals surface area contributed by atoms with E-state index in [-0.39, 0.29) is 11.6 Å². The summed E-state index contributed by atoms with van der Waals surface area (Å²) in [5, 5.41) is 13.7. The summed E-state index contributed by atoms with van der Waals surface area (Å²) in [6, 6.07) is 16.3. The number of ether oxygens (including phenoxy) is 1. The summed E-state index contributed by atoms with van der Waals surface area (Å²) >= 11 is 0. The van der Waals surface area contributed by atoms with Crippen molar-refractivity contribution < 1.29 is 19.2 Å². The molecule has 2 amide bonds. The first-order valence-electron chi connectivity index (χ1n) is 8.92. The number of hydrogen-bond donors (Lipinski definition) is 1. The van der Waals surface area contributed by atoms with Crippen LogP contribution in [0.1, 0.15) is 11.7 Å².